The predicted octanol–water partition coefficient (Wildman–Crippen LogP) is 2.85. The number of anilines is 1. The number of rotatable bonds is 4. The Labute approximate surface area is 106 Å². The highest BCUT2D eigenvalue weighted by Gasteiger charge is 2.05. The summed E-state index contributed by atoms with van der Waals surface area (Å²) in [5.74, 6) is 0. The fraction of sp³-hybridized carbons (Fsp3) is 0.154. The molecule has 2 aromatic rings. The number of nitrogens with two attached hydrogens (primary N) is 1. The van der Waals surface area contributed by atoms with Crippen LogP contribution in [0.2, 0.25) is 5.02 Å². The van der Waals surface area contributed by atoms with Crippen molar-refractivity contribution in [1.29, 1.82) is 0 Å². The van der Waals surface area contributed by atoms with Crippen molar-refractivity contribution in [2.24, 2.45) is 5.73 Å². The minimum absolute atomic E-state index is 0.0890. The summed E-state index contributed by atoms with van der Waals surface area (Å²) in [4.78, 5) is 4.03. The van der Waals surface area contributed by atoms with Gasteiger partial charge in [-0.15, -0.1) is 0 Å². The number of nitrogens with one attached hydrogen (secondary N) is 1. The fourth-order valence-corrected chi connectivity index (χ4v) is 1.75. The second-order valence-corrected chi connectivity index (χ2v) is 4.22. The molecule has 3 nitrogen and oxygen atoms in total. The molecule has 0 bridgehead atoms. The zero-order valence-electron chi connectivity index (χ0n) is 9.31. The molecule has 1 aromatic heterocycles. The molecule has 0 saturated carbocycles. The zero-order valence-corrected chi connectivity index (χ0v) is 10.1. The van der Waals surface area contributed by atoms with Gasteiger partial charge in [-0.2, -0.15) is 0 Å². The van der Waals surface area contributed by atoms with E-state index in [0.717, 1.165) is 11.3 Å². The molecular formula is C13H14ClN3. The third kappa shape index (κ3) is 3.44. The Kier molecular flexibility index (Phi) is 3.96. The Morgan fingerprint density at radius 3 is 2.88 bits per heavy atom. The van der Waals surface area contributed by atoms with Crippen LogP contribution >= 0.6 is 11.6 Å². The number of nitrogens with zero attached hydrogens (tertiary/aromatic N) is 1. The number of hydrogen-bond donors (Lipinski definition) is 2. The van der Waals surface area contributed by atoms with Gasteiger partial charge < -0.3 is 11.1 Å². The summed E-state index contributed by atoms with van der Waals surface area (Å²) in [7, 11) is 0. The van der Waals surface area contributed by atoms with Crippen LogP contribution in [-0.4, -0.2) is 11.5 Å². The Balaban J connectivity index is 1.96. The van der Waals surface area contributed by atoms with Gasteiger partial charge in [-0.3, -0.25) is 4.98 Å². The van der Waals surface area contributed by atoms with Crippen molar-refractivity contribution in [2.45, 2.75) is 6.04 Å². The molecule has 1 atom stereocenters. The van der Waals surface area contributed by atoms with Gasteiger partial charge in [0.15, 0.2) is 0 Å². The van der Waals surface area contributed by atoms with Crippen LogP contribution in [0.4, 0.5) is 5.69 Å². The molecule has 0 aliphatic heterocycles. The predicted molar refractivity (Wildman–Crippen MR) is 71.1 cm³/mol. The lowest BCUT2D eigenvalue weighted by Gasteiger charge is -2.14. The molecule has 0 aliphatic rings. The van der Waals surface area contributed by atoms with Gasteiger partial charge in [0, 0.05) is 30.0 Å². The molecule has 3 N–H and O–H groups in total. The Morgan fingerprint density at radius 2 is 2.18 bits per heavy atom. The molecule has 1 aromatic carbocycles. The molecule has 88 valence electrons. The zero-order chi connectivity index (χ0) is 12.1. The van der Waals surface area contributed by atoms with Gasteiger partial charge >= 0.3 is 0 Å². The Bertz CT molecular complexity index is 473. The van der Waals surface area contributed by atoms with Crippen molar-refractivity contribution in [3.8, 4) is 0 Å². The average molecular weight is 248 g/mol. The van der Waals surface area contributed by atoms with Crippen molar-refractivity contribution in [3.05, 3.63) is 59.4 Å². The number of halogens is 1. The van der Waals surface area contributed by atoms with E-state index in [1.807, 2.05) is 36.4 Å². The highest BCUT2D eigenvalue weighted by atomic mass is 35.5. The summed E-state index contributed by atoms with van der Waals surface area (Å²) in [6.07, 6.45) is 3.51. The monoisotopic (exact) mass is 247 g/mol. The van der Waals surface area contributed by atoms with Crippen LogP contribution in [0.15, 0.2) is 48.8 Å². The van der Waals surface area contributed by atoms with E-state index in [2.05, 4.69) is 10.3 Å². The lowest BCUT2D eigenvalue weighted by atomic mass is 10.1. The van der Waals surface area contributed by atoms with Crippen LogP contribution in [0.3, 0.4) is 0 Å². The third-order valence-corrected chi connectivity index (χ3v) is 2.70. The van der Waals surface area contributed by atoms with Crippen LogP contribution in [-0.2, 0) is 0 Å². The second-order valence-electron chi connectivity index (χ2n) is 3.78. The van der Waals surface area contributed by atoms with Gasteiger partial charge in [-0.25, -0.2) is 0 Å². The maximum absolute atomic E-state index is 6.07. The lowest BCUT2D eigenvalue weighted by Crippen LogP contribution is -2.20. The Morgan fingerprint density at radius 1 is 1.29 bits per heavy atom. The van der Waals surface area contributed by atoms with E-state index in [1.165, 1.54) is 0 Å². The van der Waals surface area contributed by atoms with E-state index < -0.39 is 0 Å². The van der Waals surface area contributed by atoms with Crippen LogP contribution in [0.25, 0.3) is 0 Å². The molecular weight excluding hydrogens is 234 g/mol. The average Bonchev–Trinajstić information content (AvgIpc) is 2.37. The van der Waals surface area contributed by atoms with Crippen molar-refractivity contribution in [2.75, 3.05) is 11.9 Å². The van der Waals surface area contributed by atoms with Crippen LogP contribution in [0.1, 0.15) is 11.6 Å². The van der Waals surface area contributed by atoms with E-state index in [9.17, 15) is 0 Å². The summed E-state index contributed by atoms with van der Waals surface area (Å²) in [6, 6.07) is 11.4. The van der Waals surface area contributed by atoms with E-state index in [-0.39, 0.29) is 6.04 Å². The molecule has 0 aliphatic carbocycles. The lowest BCUT2D eigenvalue weighted by molar-refractivity contribution is 0.764. The summed E-state index contributed by atoms with van der Waals surface area (Å²) >= 11 is 5.92. The minimum atomic E-state index is -0.0890. The smallest absolute Gasteiger partial charge is 0.0527 e. The van der Waals surface area contributed by atoms with Gasteiger partial charge in [-0.05, 0) is 29.8 Å². The quantitative estimate of drug-likeness (QED) is 0.874. The normalized spacial score (nSPS) is 12.1. The molecule has 1 heterocycles. The maximum atomic E-state index is 6.07. The summed E-state index contributed by atoms with van der Waals surface area (Å²) < 4.78 is 0. The molecule has 4 heteroatoms. The van der Waals surface area contributed by atoms with E-state index in [4.69, 9.17) is 17.3 Å². The van der Waals surface area contributed by atoms with E-state index in [0.29, 0.717) is 11.6 Å². The first kappa shape index (κ1) is 11.9. The summed E-state index contributed by atoms with van der Waals surface area (Å²) in [5, 5.41) is 3.94. The summed E-state index contributed by atoms with van der Waals surface area (Å²) in [5.41, 5.74) is 8.06. The first-order valence-corrected chi connectivity index (χ1v) is 5.78. The van der Waals surface area contributed by atoms with Crippen molar-refractivity contribution < 1.29 is 0 Å². The topological polar surface area (TPSA) is 50.9 Å². The third-order valence-electron chi connectivity index (χ3n) is 2.46. The molecule has 0 saturated heterocycles. The molecule has 0 radical (unpaired) electrons. The van der Waals surface area contributed by atoms with Gasteiger partial charge in [0.2, 0.25) is 0 Å². The highest BCUT2D eigenvalue weighted by Crippen LogP contribution is 2.16. The second kappa shape index (κ2) is 5.66. The van der Waals surface area contributed by atoms with Crippen molar-refractivity contribution in [3.63, 3.8) is 0 Å². The van der Waals surface area contributed by atoms with Gasteiger partial charge in [0.1, 0.15) is 0 Å². The molecule has 2 rings (SSSR count). The van der Waals surface area contributed by atoms with Gasteiger partial charge in [0.05, 0.1) is 5.69 Å². The SMILES string of the molecule is NC(CNc1cccnc1)c1cccc(Cl)c1. The number of hydrogen-bond acceptors (Lipinski definition) is 3. The van der Waals surface area contributed by atoms with Crippen molar-refractivity contribution >= 4 is 17.3 Å². The highest BCUT2D eigenvalue weighted by molar-refractivity contribution is 6.30. The molecule has 0 spiro atoms. The molecule has 0 amide bonds. The van der Waals surface area contributed by atoms with Gasteiger partial charge in [0.25, 0.3) is 0 Å². The van der Waals surface area contributed by atoms with Crippen LogP contribution in [0, 0.1) is 0 Å². The first-order valence-electron chi connectivity index (χ1n) is 5.40. The largest absolute Gasteiger partial charge is 0.382 e. The fourth-order valence-electron chi connectivity index (χ4n) is 1.55. The van der Waals surface area contributed by atoms with Crippen LogP contribution < -0.4 is 11.1 Å². The first-order chi connectivity index (χ1) is 8.25. The summed E-state index contributed by atoms with van der Waals surface area (Å²) in [6.45, 7) is 0.645. The Hall–Kier alpha value is -1.58. The van der Waals surface area contributed by atoms with Crippen LogP contribution in [0.5, 0.6) is 0 Å². The van der Waals surface area contributed by atoms with Gasteiger partial charge in [-0.1, -0.05) is 23.7 Å². The molecule has 0 fully saturated rings. The standard InChI is InChI=1S/C13H14ClN3/c14-11-4-1-3-10(7-11)13(15)9-17-12-5-2-6-16-8-12/h1-8,13,17H,9,15H2. The van der Waals surface area contributed by atoms with Crippen molar-refractivity contribution in [1.82, 2.24) is 4.98 Å². The van der Waals surface area contributed by atoms with E-state index >= 15 is 0 Å². The maximum Gasteiger partial charge on any atom is 0.0527 e. The van der Waals surface area contributed by atoms with E-state index in [1.54, 1.807) is 12.4 Å². The number of aromatic nitrogens is 1. The number of benzene rings is 1. The number of pyridine rings is 1. The molecule has 17 heavy (non-hydrogen) atoms. The molecule has 1 unspecified atom stereocenters. The minimum Gasteiger partial charge on any atom is -0.382 e.